The number of amides is 2. The van der Waals surface area contributed by atoms with Gasteiger partial charge in [0.15, 0.2) is 0 Å². The van der Waals surface area contributed by atoms with Crippen LogP contribution >= 0.6 is 27.3 Å². The molecule has 0 aliphatic rings. The van der Waals surface area contributed by atoms with E-state index in [0.717, 1.165) is 21.5 Å². The number of rotatable bonds is 7. The van der Waals surface area contributed by atoms with E-state index in [1.807, 2.05) is 44.2 Å². The van der Waals surface area contributed by atoms with Crippen LogP contribution in [-0.4, -0.2) is 28.1 Å². The third kappa shape index (κ3) is 5.48. The number of nitrogens with one attached hydrogen (secondary N) is 2. The molecule has 2 amide bonds. The molecule has 0 saturated carbocycles. The van der Waals surface area contributed by atoms with Crippen LogP contribution in [0, 0.1) is 5.92 Å². The highest BCUT2D eigenvalue weighted by Crippen LogP contribution is 2.26. The molecule has 0 aliphatic heterocycles. The number of carbonyl (C=O) groups excluding carboxylic acids is 2. The molecular weight excluding hydrogens is 452 g/mol. The van der Waals surface area contributed by atoms with Gasteiger partial charge >= 0.3 is 0 Å². The Labute approximate surface area is 181 Å². The summed E-state index contributed by atoms with van der Waals surface area (Å²) in [5, 5.41) is 15.0. The van der Waals surface area contributed by atoms with Crippen molar-refractivity contribution in [2.45, 2.75) is 26.3 Å². The molecule has 3 aromatic rings. The molecule has 2 unspecified atom stereocenters. The maximum Gasteiger partial charge on any atom is 0.251 e. The summed E-state index contributed by atoms with van der Waals surface area (Å²) in [5.74, 6) is -0.642. The molecular formula is C21H21BrN4O2S. The molecule has 0 bridgehead atoms. The second-order valence-corrected chi connectivity index (χ2v) is 8.50. The molecule has 29 heavy (non-hydrogen) atoms. The zero-order valence-electron chi connectivity index (χ0n) is 16.1. The van der Waals surface area contributed by atoms with Crippen molar-refractivity contribution in [2.75, 3.05) is 5.32 Å². The van der Waals surface area contributed by atoms with Gasteiger partial charge < -0.3 is 5.32 Å². The summed E-state index contributed by atoms with van der Waals surface area (Å²) >= 11 is 4.65. The van der Waals surface area contributed by atoms with Crippen LogP contribution in [0.5, 0.6) is 0 Å². The van der Waals surface area contributed by atoms with E-state index in [0.29, 0.717) is 10.7 Å². The van der Waals surface area contributed by atoms with Crippen molar-refractivity contribution in [2.24, 2.45) is 5.92 Å². The second-order valence-electron chi connectivity index (χ2n) is 6.61. The van der Waals surface area contributed by atoms with E-state index in [-0.39, 0.29) is 17.7 Å². The van der Waals surface area contributed by atoms with Crippen molar-refractivity contribution >= 4 is 44.2 Å². The molecule has 0 radical (unpaired) electrons. The Balaban J connectivity index is 1.72. The SMILES string of the molecule is CCC(C)C(NC(=O)c1ccc(Br)cc1)C(=O)Nc1nnc(-c2ccccc2)s1. The maximum absolute atomic E-state index is 12.9. The predicted molar refractivity (Wildman–Crippen MR) is 119 cm³/mol. The number of benzene rings is 2. The van der Waals surface area contributed by atoms with Crippen LogP contribution in [0.15, 0.2) is 59.1 Å². The van der Waals surface area contributed by atoms with Gasteiger partial charge in [-0.05, 0) is 30.2 Å². The third-order valence-electron chi connectivity index (χ3n) is 4.56. The summed E-state index contributed by atoms with van der Waals surface area (Å²) in [4.78, 5) is 25.5. The fourth-order valence-electron chi connectivity index (χ4n) is 2.68. The number of nitrogens with zero attached hydrogens (tertiary/aromatic N) is 2. The molecule has 1 heterocycles. The van der Waals surface area contributed by atoms with Gasteiger partial charge in [-0.3, -0.25) is 14.9 Å². The molecule has 0 fully saturated rings. The molecule has 8 heteroatoms. The molecule has 1 aromatic heterocycles. The zero-order valence-corrected chi connectivity index (χ0v) is 18.5. The predicted octanol–water partition coefficient (Wildman–Crippen LogP) is 4.75. The van der Waals surface area contributed by atoms with E-state index < -0.39 is 6.04 Å². The van der Waals surface area contributed by atoms with E-state index in [1.54, 1.807) is 24.3 Å². The number of halogens is 1. The first-order chi connectivity index (χ1) is 14.0. The number of aromatic nitrogens is 2. The Morgan fingerprint density at radius 3 is 2.41 bits per heavy atom. The summed E-state index contributed by atoms with van der Waals surface area (Å²) in [6.45, 7) is 3.91. The van der Waals surface area contributed by atoms with E-state index in [2.05, 4.69) is 36.8 Å². The van der Waals surface area contributed by atoms with E-state index in [4.69, 9.17) is 0 Å². The van der Waals surface area contributed by atoms with Gasteiger partial charge in [0.05, 0.1) is 0 Å². The minimum Gasteiger partial charge on any atom is -0.340 e. The van der Waals surface area contributed by atoms with Crippen molar-refractivity contribution in [3.05, 3.63) is 64.6 Å². The smallest absolute Gasteiger partial charge is 0.251 e. The topological polar surface area (TPSA) is 84.0 Å². The molecule has 0 spiro atoms. The standard InChI is InChI=1S/C21H21BrN4O2S/c1-3-13(2)17(23-18(27)14-9-11-16(22)12-10-14)19(28)24-21-26-25-20(29-21)15-7-5-4-6-8-15/h4-13,17H,3H2,1-2H3,(H,23,27)(H,24,26,28). The van der Waals surface area contributed by atoms with Crippen LogP contribution in [0.25, 0.3) is 10.6 Å². The quantitative estimate of drug-likeness (QED) is 0.519. The van der Waals surface area contributed by atoms with Crippen LogP contribution in [0.2, 0.25) is 0 Å². The van der Waals surface area contributed by atoms with E-state index >= 15 is 0 Å². The fourth-order valence-corrected chi connectivity index (χ4v) is 3.70. The molecule has 0 aliphatic carbocycles. The van der Waals surface area contributed by atoms with Crippen LogP contribution in [0.4, 0.5) is 5.13 Å². The molecule has 6 nitrogen and oxygen atoms in total. The maximum atomic E-state index is 12.9. The third-order valence-corrected chi connectivity index (χ3v) is 5.98. The van der Waals surface area contributed by atoms with Gasteiger partial charge in [-0.15, -0.1) is 10.2 Å². The summed E-state index contributed by atoms with van der Waals surface area (Å²) in [7, 11) is 0. The van der Waals surface area contributed by atoms with Gasteiger partial charge in [-0.2, -0.15) is 0 Å². The van der Waals surface area contributed by atoms with Gasteiger partial charge in [-0.1, -0.05) is 77.9 Å². The minimum absolute atomic E-state index is 0.0455. The molecule has 2 aromatic carbocycles. The number of hydrogen-bond donors (Lipinski definition) is 2. The average Bonchev–Trinajstić information content (AvgIpc) is 3.20. The van der Waals surface area contributed by atoms with Gasteiger partial charge in [0.2, 0.25) is 11.0 Å². The lowest BCUT2D eigenvalue weighted by atomic mass is 9.98. The highest BCUT2D eigenvalue weighted by Gasteiger charge is 2.27. The summed E-state index contributed by atoms with van der Waals surface area (Å²) in [6, 6.07) is 16.0. The highest BCUT2D eigenvalue weighted by molar-refractivity contribution is 9.10. The molecule has 150 valence electrons. The average molecular weight is 473 g/mol. The highest BCUT2D eigenvalue weighted by atomic mass is 79.9. The number of carbonyl (C=O) groups is 2. The van der Waals surface area contributed by atoms with Crippen molar-refractivity contribution < 1.29 is 9.59 Å². The summed E-state index contributed by atoms with van der Waals surface area (Å²) in [6.07, 6.45) is 0.740. The second kappa shape index (κ2) is 9.76. The van der Waals surface area contributed by atoms with Gasteiger partial charge in [0, 0.05) is 15.6 Å². The Morgan fingerprint density at radius 2 is 1.76 bits per heavy atom. The van der Waals surface area contributed by atoms with E-state index in [9.17, 15) is 9.59 Å². The minimum atomic E-state index is -0.680. The van der Waals surface area contributed by atoms with Crippen molar-refractivity contribution in [3.8, 4) is 10.6 Å². The van der Waals surface area contributed by atoms with Crippen LogP contribution in [0.3, 0.4) is 0 Å². The Hall–Kier alpha value is -2.58. The number of hydrogen-bond acceptors (Lipinski definition) is 5. The Morgan fingerprint density at radius 1 is 1.07 bits per heavy atom. The van der Waals surface area contributed by atoms with Crippen molar-refractivity contribution in [1.82, 2.24) is 15.5 Å². The zero-order chi connectivity index (χ0) is 20.8. The summed E-state index contributed by atoms with van der Waals surface area (Å²) < 4.78 is 0.885. The Kier molecular flexibility index (Phi) is 7.11. The Bertz CT molecular complexity index is 976. The first kappa shape index (κ1) is 21.1. The van der Waals surface area contributed by atoms with Crippen LogP contribution in [0.1, 0.15) is 30.6 Å². The first-order valence-corrected chi connectivity index (χ1v) is 10.8. The monoisotopic (exact) mass is 472 g/mol. The van der Waals surface area contributed by atoms with E-state index in [1.165, 1.54) is 11.3 Å². The lowest BCUT2D eigenvalue weighted by molar-refractivity contribution is -0.119. The normalized spacial score (nSPS) is 12.8. The lowest BCUT2D eigenvalue weighted by Crippen LogP contribution is -2.47. The first-order valence-electron chi connectivity index (χ1n) is 9.24. The van der Waals surface area contributed by atoms with Gasteiger partial charge in [0.25, 0.3) is 5.91 Å². The van der Waals surface area contributed by atoms with Gasteiger partial charge in [-0.25, -0.2) is 0 Å². The molecule has 2 N–H and O–H groups in total. The lowest BCUT2D eigenvalue weighted by Gasteiger charge is -2.23. The largest absolute Gasteiger partial charge is 0.340 e. The van der Waals surface area contributed by atoms with Gasteiger partial charge in [0.1, 0.15) is 11.0 Å². The fraction of sp³-hybridized carbons (Fsp3) is 0.238. The molecule has 0 saturated heterocycles. The number of anilines is 1. The van der Waals surface area contributed by atoms with Crippen LogP contribution in [-0.2, 0) is 4.79 Å². The van der Waals surface area contributed by atoms with Crippen molar-refractivity contribution in [3.63, 3.8) is 0 Å². The molecule has 2 atom stereocenters. The van der Waals surface area contributed by atoms with Crippen molar-refractivity contribution in [1.29, 1.82) is 0 Å². The molecule has 3 rings (SSSR count). The van der Waals surface area contributed by atoms with Crippen LogP contribution < -0.4 is 10.6 Å². The summed E-state index contributed by atoms with van der Waals surface area (Å²) in [5.41, 5.74) is 1.43.